The highest BCUT2D eigenvalue weighted by atomic mass is 16.5. The largest absolute Gasteiger partial charge is 0.493 e. The summed E-state index contributed by atoms with van der Waals surface area (Å²) in [6.07, 6.45) is 2.37. The Morgan fingerprint density at radius 1 is 1.26 bits per heavy atom. The second-order valence-corrected chi connectivity index (χ2v) is 6.29. The van der Waals surface area contributed by atoms with Crippen molar-refractivity contribution in [3.05, 3.63) is 48.4 Å². The Kier molecular flexibility index (Phi) is 8.16. The van der Waals surface area contributed by atoms with Crippen molar-refractivity contribution < 1.29 is 19.0 Å². The van der Waals surface area contributed by atoms with Crippen LogP contribution >= 0.6 is 0 Å². The van der Waals surface area contributed by atoms with Crippen LogP contribution in [0.2, 0.25) is 0 Å². The van der Waals surface area contributed by atoms with Crippen LogP contribution in [-0.2, 0) is 10.3 Å². The van der Waals surface area contributed by atoms with Crippen molar-refractivity contribution in [1.29, 1.82) is 0 Å². The van der Waals surface area contributed by atoms with Crippen molar-refractivity contribution in [2.45, 2.75) is 25.9 Å². The first-order valence-electron chi connectivity index (χ1n) is 9.08. The summed E-state index contributed by atoms with van der Waals surface area (Å²) < 4.78 is 16.0. The number of rotatable bonds is 10. The van der Waals surface area contributed by atoms with Gasteiger partial charge in [-0.2, -0.15) is 0 Å². The highest BCUT2D eigenvalue weighted by molar-refractivity contribution is 5.93. The van der Waals surface area contributed by atoms with Gasteiger partial charge in [-0.3, -0.25) is 0 Å². The number of hydrogen-bond donors (Lipinski definition) is 3. The Labute approximate surface area is 160 Å². The van der Waals surface area contributed by atoms with Crippen LogP contribution in [0.15, 0.2) is 52.1 Å². The Hall–Kier alpha value is -2.51. The number of furan rings is 1. The third kappa shape index (κ3) is 6.96. The molecule has 0 aliphatic carbocycles. The van der Waals surface area contributed by atoms with Gasteiger partial charge >= 0.3 is 0 Å². The number of benzene rings is 1. The van der Waals surface area contributed by atoms with Crippen LogP contribution in [0.25, 0.3) is 0 Å². The second-order valence-electron chi connectivity index (χ2n) is 6.29. The van der Waals surface area contributed by atoms with Gasteiger partial charge in [-0.15, -0.1) is 0 Å². The number of anilines is 1. The van der Waals surface area contributed by atoms with Crippen LogP contribution in [0.3, 0.4) is 0 Å². The lowest BCUT2D eigenvalue weighted by atomic mass is 10.0. The lowest BCUT2D eigenvalue weighted by molar-refractivity contribution is 0.0438. The zero-order valence-corrected chi connectivity index (χ0v) is 16.2. The molecule has 0 bridgehead atoms. The summed E-state index contributed by atoms with van der Waals surface area (Å²) >= 11 is 0. The molecule has 7 nitrogen and oxygen atoms in total. The molecule has 1 atom stereocenters. The van der Waals surface area contributed by atoms with Crippen molar-refractivity contribution in [2.24, 2.45) is 4.99 Å². The van der Waals surface area contributed by atoms with E-state index in [1.54, 1.807) is 26.2 Å². The van der Waals surface area contributed by atoms with Gasteiger partial charge in [0.1, 0.15) is 17.1 Å². The quantitative estimate of drug-likeness (QED) is 0.336. The monoisotopic (exact) mass is 375 g/mol. The van der Waals surface area contributed by atoms with Crippen molar-refractivity contribution in [3.8, 4) is 5.75 Å². The van der Waals surface area contributed by atoms with Crippen LogP contribution in [0.4, 0.5) is 5.69 Å². The molecule has 0 spiro atoms. The number of aliphatic imine (C=N–C) groups is 1. The van der Waals surface area contributed by atoms with E-state index in [0.29, 0.717) is 31.5 Å². The number of methoxy groups -OCH3 is 1. The SMILES string of the molecule is CCNC(=NCC(C)(O)c1ccco1)Nc1cccc(OCCCOC)c1. The molecular formula is C20H29N3O4. The predicted octanol–water partition coefficient (Wildman–Crippen LogP) is 2.98. The Balaban J connectivity index is 2.00. The van der Waals surface area contributed by atoms with Gasteiger partial charge in [0.15, 0.2) is 5.96 Å². The topological polar surface area (TPSA) is 88.3 Å². The van der Waals surface area contributed by atoms with E-state index in [-0.39, 0.29) is 6.54 Å². The lowest BCUT2D eigenvalue weighted by Crippen LogP contribution is -2.33. The van der Waals surface area contributed by atoms with Crippen molar-refractivity contribution in [1.82, 2.24) is 5.32 Å². The molecule has 0 saturated carbocycles. The molecule has 0 aliphatic rings. The van der Waals surface area contributed by atoms with Gasteiger partial charge in [0.25, 0.3) is 0 Å². The smallest absolute Gasteiger partial charge is 0.195 e. The maximum absolute atomic E-state index is 10.6. The Morgan fingerprint density at radius 3 is 2.81 bits per heavy atom. The number of hydrogen-bond acceptors (Lipinski definition) is 5. The molecule has 3 N–H and O–H groups in total. The van der Waals surface area contributed by atoms with Crippen molar-refractivity contribution in [2.75, 3.05) is 38.7 Å². The van der Waals surface area contributed by atoms with E-state index in [1.165, 1.54) is 6.26 Å². The molecule has 0 radical (unpaired) electrons. The third-order valence-electron chi connectivity index (χ3n) is 3.80. The average molecular weight is 375 g/mol. The molecule has 0 amide bonds. The van der Waals surface area contributed by atoms with Crippen LogP contribution in [0, 0.1) is 0 Å². The minimum Gasteiger partial charge on any atom is -0.493 e. The fraction of sp³-hybridized carbons (Fsp3) is 0.450. The van der Waals surface area contributed by atoms with E-state index < -0.39 is 5.60 Å². The summed E-state index contributed by atoms with van der Waals surface area (Å²) in [5, 5.41) is 17.0. The summed E-state index contributed by atoms with van der Waals surface area (Å²) in [5.41, 5.74) is -0.338. The highest BCUT2D eigenvalue weighted by Gasteiger charge is 2.26. The number of aliphatic hydroxyl groups is 1. The third-order valence-corrected chi connectivity index (χ3v) is 3.80. The van der Waals surface area contributed by atoms with E-state index in [2.05, 4.69) is 15.6 Å². The van der Waals surface area contributed by atoms with E-state index in [1.807, 2.05) is 31.2 Å². The molecule has 148 valence electrons. The van der Waals surface area contributed by atoms with Gasteiger partial charge in [0.2, 0.25) is 0 Å². The van der Waals surface area contributed by atoms with Crippen LogP contribution < -0.4 is 15.4 Å². The summed E-state index contributed by atoms with van der Waals surface area (Å²) in [7, 11) is 1.68. The Bertz CT molecular complexity index is 699. The first-order chi connectivity index (χ1) is 13.0. The van der Waals surface area contributed by atoms with Gasteiger partial charge < -0.3 is 29.6 Å². The fourth-order valence-corrected chi connectivity index (χ4v) is 2.40. The minimum atomic E-state index is -1.18. The molecule has 1 heterocycles. The van der Waals surface area contributed by atoms with Gasteiger partial charge in [0.05, 0.1) is 19.4 Å². The van der Waals surface area contributed by atoms with Gasteiger partial charge in [-0.05, 0) is 38.1 Å². The highest BCUT2D eigenvalue weighted by Crippen LogP contribution is 2.21. The van der Waals surface area contributed by atoms with Crippen LogP contribution in [0.5, 0.6) is 5.75 Å². The summed E-state index contributed by atoms with van der Waals surface area (Å²) in [6, 6.07) is 11.1. The maximum Gasteiger partial charge on any atom is 0.195 e. The number of guanidine groups is 1. The molecule has 0 fully saturated rings. The first-order valence-corrected chi connectivity index (χ1v) is 9.08. The van der Waals surface area contributed by atoms with Gasteiger partial charge in [-0.1, -0.05) is 6.07 Å². The van der Waals surface area contributed by atoms with Gasteiger partial charge in [-0.25, -0.2) is 4.99 Å². The number of nitrogens with one attached hydrogen (secondary N) is 2. The average Bonchev–Trinajstić information content (AvgIpc) is 3.20. The minimum absolute atomic E-state index is 0.156. The van der Waals surface area contributed by atoms with E-state index in [0.717, 1.165) is 17.9 Å². The second kappa shape index (κ2) is 10.6. The zero-order chi connectivity index (χ0) is 19.5. The normalized spacial score (nSPS) is 13.9. The van der Waals surface area contributed by atoms with Crippen LogP contribution in [0.1, 0.15) is 26.0 Å². The number of nitrogens with zero attached hydrogens (tertiary/aromatic N) is 1. The molecule has 7 heteroatoms. The molecule has 1 aromatic carbocycles. The molecule has 2 aromatic rings. The summed E-state index contributed by atoms with van der Waals surface area (Å²) in [4.78, 5) is 4.48. The molecular weight excluding hydrogens is 346 g/mol. The molecule has 1 aromatic heterocycles. The first kappa shape index (κ1) is 20.8. The fourth-order valence-electron chi connectivity index (χ4n) is 2.40. The van der Waals surface area contributed by atoms with E-state index >= 15 is 0 Å². The molecule has 27 heavy (non-hydrogen) atoms. The zero-order valence-electron chi connectivity index (χ0n) is 16.2. The summed E-state index contributed by atoms with van der Waals surface area (Å²) in [6.45, 7) is 5.78. The predicted molar refractivity (Wildman–Crippen MR) is 106 cm³/mol. The van der Waals surface area contributed by atoms with Crippen LogP contribution in [-0.4, -0.2) is 44.5 Å². The van der Waals surface area contributed by atoms with Gasteiger partial charge in [0, 0.05) is 38.4 Å². The standard InChI is InChI=1S/C20H29N3O4/c1-4-21-19(22-15-20(2,24)18-10-6-12-27-18)23-16-8-5-9-17(14-16)26-13-7-11-25-3/h5-6,8-10,12,14,24H,4,7,11,13,15H2,1-3H3,(H2,21,22,23). The maximum atomic E-state index is 10.6. The van der Waals surface area contributed by atoms with E-state index in [9.17, 15) is 5.11 Å². The number of ether oxygens (including phenoxy) is 2. The molecule has 1 unspecified atom stereocenters. The molecule has 0 aliphatic heterocycles. The van der Waals surface area contributed by atoms with Crippen molar-refractivity contribution in [3.63, 3.8) is 0 Å². The lowest BCUT2D eigenvalue weighted by Gasteiger charge is -2.19. The molecule has 0 saturated heterocycles. The Morgan fingerprint density at radius 2 is 2.11 bits per heavy atom. The van der Waals surface area contributed by atoms with Crippen molar-refractivity contribution >= 4 is 11.6 Å². The van der Waals surface area contributed by atoms with E-state index in [4.69, 9.17) is 13.9 Å². The molecule has 2 rings (SSSR count). The summed E-state index contributed by atoms with van der Waals surface area (Å²) in [5.74, 6) is 1.82.